The summed E-state index contributed by atoms with van der Waals surface area (Å²) in [5.74, 6) is 0. The lowest BCUT2D eigenvalue weighted by atomic mass is 9.70. The molecule has 1 aliphatic carbocycles. The van der Waals surface area contributed by atoms with Crippen molar-refractivity contribution in [2.24, 2.45) is 0 Å². The molecule has 0 N–H and O–H groups in total. The maximum Gasteiger partial charge on any atom is 0.113 e. The quantitative estimate of drug-likeness (QED) is 0.740. The minimum Gasteiger partial charge on any atom is -0.378 e. The van der Waals surface area contributed by atoms with Crippen LogP contribution in [0.15, 0.2) is 16.7 Å². The predicted octanol–water partition coefficient (Wildman–Crippen LogP) is 3.23. The van der Waals surface area contributed by atoms with Crippen LogP contribution in [0, 0.1) is 11.3 Å². The zero-order valence-corrected chi connectivity index (χ0v) is 17.0. The highest BCUT2D eigenvalue weighted by Crippen LogP contribution is 2.51. The molecule has 2 bridgehead atoms. The molecule has 5 rings (SSSR count). The van der Waals surface area contributed by atoms with Crippen molar-refractivity contribution in [2.45, 2.75) is 68.6 Å². The van der Waals surface area contributed by atoms with E-state index >= 15 is 0 Å². The summed E-state index contributed by atoms with van der Waals surface area (Å²) in [5.41, 5.74) is 2.18. The first-order valence-electron chi connectivity index (χ1n) is 9.64. The van der Waals surface area contributed by atoms with E-state index in [1.807, 2.05) is 6.20 Å². The van der Waals surface area contributed by atoms with Gasteiger partial charge in [-0.1, -0.05) is 13.8 Å². The van der Waals surface area contributed by atoms with Crippen molar-refractivity contribution in [3.05, 3.63) is 22.4 Å². The van der Waals surface area contributed by atoms with Gasteiger partial charge < -0.3 is 9.64 Å². The molecule has 4 heterocycles. The summed E-state index contributed by atoms with van der Waals surface area (Å²) in [5, 5.41) is 10.1. The number of anilines is 1. The third kappa shape index (κ3) is 2.30. The molecule has 3 fully saturated rings. The van der Waals surface area contributed by atoms with Crippen LogP contribution < -0.4 is 4.90 Å². The second-order valence-corrected chi connectivity index (χ2v) is 9.98. The van der Waals surface area contributed by atoms with Crippen LogP contribution >= 0.6 is 15.9 Å². The van der Waals surface area contributed by atoms with Crippen LogP contribution in [0.3, 0.4) is 0 Å². The number of rotatable bonds is 2. The standard InChI is InChI=1S/C20H25BrN4O/c1-19(2)12-24(17-5-13(21)8-23-18(17)19)16-6-20(7-16,11-22)25-14-3-4-15(25)10-26-9-14/h5,8,14-16H,3-4,6-7,9-10,12H2,1-2H3/t14?,15?,16-,20+. The van der Waals surface area contributed by atoms with Gasteiger partial charge in [-0.25, -0.2) is 0 Å². The molecule has 1 saturated carbocycles. The molecule has 2 saturated heterocycles. The summed E-state index contributed by atoms with van der Waals surface area (Å²) in [7, 11) is 0. The van der Waals surface area contributed by atoms with Crippen LogP contribution in [0.2, 0.25) is 0 Å². The van der Waals surface area contributed by atoms with Gasteiger partial charge in [0.15, 0.2) is 0 Å². The van der Waals surface area contributed by atoms with Gasteiger partial charge in [-0.05, 0) is 47.7 Å². The summed E-state index contributed by atoms with van der Waals surface area (Å²) in [4.78, 5) is 9.73. The summed E-state index contributed by atoms with van der Waals surface area (Å²) in [6.45, 7) is 7.10. The molecule has 26 heavy (non-hydrogen) atoms. The van der Waals surface area contributed by atoms with Crippen molar-refractivity contribution in [3.8, 4) is 6.07 Å². The van der Waals surface area contributed by atoms with Crippen LogP contribution in [-0.4, -0.2) is 53.3 Å². The maximum atomic E-state index is 10.1. The largest absolute Gasteiger partial charge is 0.378 e. The molecule has 2 unspecified atom stereocenters. The average molecular weight is 417 g/mol. The number of hydrogen-bond donors (Lipinski definition) is 0. The first-order chi connectivity index (χ1) is 12.4. The molecule has 138 valence electrons. The molecule has 0 aromatic carbocycles. The molecular weight excluding hydrogens is 392 g/mol. The number of aromatic nitrogens is 1. The second-order valence-electron chi connectivity index (χ2n) is 9.07. The fourth-order valence-electron chi connectivity index (χ4n) is 5.71. The van der Waals surface area contributed by atoms with Crippen molar-refractivity contribution >= 4 is 21.6 Å². The van der Waals surface area contributed by atoms with E-state index in [-0.39, 0.29) is 11.0 Å². The Morgan fingerprint density at radius 3 is 2.58 bits per heavy atom. The zero-order valence-electron chi connectivity index (χ0n) is 15.4. The van der Waals surface area contributed by atoms with Gasteiger partial charge in [0.05, 0.1) is 30.7 Å². The highest BCUT2D eigenvalue weighted by molar-refractivity contribution is 9.10. The minimum atomic E-state index is -0.299. The summed E-state index contributed by atoms with van der Waals surface area (Å²) < 4.78 is 6.76. The topological polar surface area (TPSA) is 52.4 Å². The van der Waals surface area contributed by atoms with Gasteiger partial charge in [0.25, 0.3) is 0 Å². The smallest absolute Gasteiger partial charge is 0.113 e. The third-order valence-electron chi connectivity index (χ3n) is 6.88. The van der Waals surface area contributed by atoms with E-state index in [9.17, 15) is 5.26 Å². The Balaban J connectivity index is 1.40. The van der Waals surface area contributed by atoms with Gasteiger partial charge >= 0.3 is 0 Å². The molecule has 4 aliphatic rings. The van der Waals surface area contributed by atoms with Crippen LogP contribution in [0.5, 0.6) is 0 Å². The van der Waals surface area contributed by atoms with E-state index in [1.165, 1.54) is 24.2 Å². The van der Waals surface area contributed by atoms with Crippen molar-refractivity contribution in [1.29, 1.82) is 5.26 Å². The maximum absolute atomic E-state index is 10.1. The van der Waals surface area contributed by atoms with Gasteiger partial charge in [0, 0.05) is 40.8 Å². The van der Waals surface area contributed by atoms with E-state index in [4.69, 9.17) is 9.72 Å². The van der Waals surface area contributed by atoms with Gasteiger partial charge in [0.1, 0.15) is 5.54 Å². The Morgan fingerprint density at radius 2 is 1.92 bits per heavy atom. The molecular formula is C20H25BrN4O. The van der Waals surface area contributed by atoms with E-state index in [1.54, 1.807) is 0 Å². The number of ether oxygens (including phenoxy) is 1. The third-order valence-corrected chi connectivity index (χ3v) is 7.31. The summed E-state index contributed by atoms with van der Waals surface area (Å²) in [6.07, 6.45) is 6.11. The van der Waals surface area contributed by atoms with E-state index < -0.39 is 0 Å². The molecule has 6 heteroatoms. The van der Waals surface area contributed by atoms with Crippen molar-refractivity contribution in [3.63, 3.8) is 0 Å². The Morgan fingerprint density at radius 1 is 1.23 bits per heavy atom. The summed E-state index contributed by atoms with van der Waals surface area (Å²) in [6, 6.07) is 6.21. The number of nitrogens with zero attached hydrogens (tertiary/aromatic N) is 4. The lowest BCUT2D eigenvalue weighted by molar-refractivity contribution is -0.0836. The minimum absolute atomic E-state index is 0.0545. The first kappa shape index (κ1) is 17.0. The first-order valence-corrected chi connectivity index (χ1v) is 10.4. The van der Waals surface area contributed by atoms with Crippen LogP contribution in [-0.2, 0) is 10.2 Å². The Labute approximate surface area is 163 Å². The molecule has 1 aromatic rings. The van der Waals surface area contributed by atoms with Crippen LogP contribution in [0.25, 0.3) is 0 Å². The molecule has 5 nitrogen and oxygen atoms in total. The SMILES string of the molecule is CC1(C)CN([C@H]2C[C@@](C#N)(N3C4CCC3COC4)C2)c2cc(Br)cnc21. The second kappa shape index (κ2) is 5.67. The normalized spacial score (nSPS) is 37.9. The van der Waals surface area contributed by atoms with Crippen molar-refractivity contribution in [2.75, 3.05) is 24.7 Å². The Hall–Kier alpha value is -1.16. The molecule has 0 radical (unpaired) electrons. The number of nitriles is 1. The van der Waals surface area contributed by atoms with E-state index in [0.717, 1.165) is 37.1 Å². The molecule has 1 aromatic heterocycles. The highest BCUT2D eigenvalue weighted by atomic mass is 79.9. The van der Waals surface area contributed by atoms with Crippen molar-refractivity contribution in [1.82, 2.24) is 9.88 Å². The van der Waals surface area contributed by atoms with Crippen LogP contribution in [0.1, 0.15) is 45.2 Å². The molecule has 0 spiro atoms. The Bertz CT molecular complexity index is 767. The van der Waals surface area contributed by atoms with E-state index in [2.05, 4.69) is 51.7 Å². The van der Waals surface area contributed by atoms with Gasteiger partial charge in [-0.15, -0.1) is 0 Å². The predicted molar refractivity (Wildman–Crippen MR) is 103 cm³/mol. The average Bonchev–Trinajstić information content (AvgIpc) is 2.97. The number of hydrogen-bond acceptors (Lipinski definition) is 5. The van der Waals surface area contributed by atoms with Gasteiger partial charge in [0.2, 0.25) is 0 Å². The fourth-order valence-corrected chi connectivity index (χ4v) is 6.03. The molecule has 3 aliphatic heterocycles. The number of pyridine rings is 1. The number of halogens is 1. The lowest BCUT2D eigenvalue weighted by Gasteiger charge is -2.56. The highest BCUT2D eigenvalue weighted by Gasteiger charge is 2.58. The Kier molecular flexibility index (Phi) is 3.70. The van der Waals surface area contributed by atoms with Crippen molar-refractivity contribution < 1.29 is 4.74 Å². The van der Waals surface area contributed by atoms with E-state index in [0.29, 0.717) is 18.1 Å². The molecule has 0 amide bonds. The fraction of sp³-hybridized carbons (Fsp3) is 0.700. The zero-order chi connectivity index (χ0) is 18.1. The monoisotopic (exact) mass is 416 g/mol. The van der Waals surface area contributed by atoms with Gasteiger partial charge in [-0.3, -0.25) is 9.88 Å². The lowest BCUT2D eigenvalue weighted by Crippen LogP contribution is -2.68. The van der Waals surface area contributed by atoms with Gasteiger partial charge in [-0.2, -0.15) is 5.26 Å². The number of fused-ring (bicyclic) bond motifs is 3. The summed E-state index contributed by atoms with van der Waals surface area (Å²) >= 11 is 3.58. The number of morpholine rings is 1. The molecule has 2 atom stereocenters. The van der Waals surface area contributed by atoms with Crippen LogP contribution in [0.4, 0.5) is 5.69 Å².